The number of carbonyl (C=O) groups excluding carboxylic acids is 1. The van der Waals surface area contributed by atoms with Crippen molar-refractivity contribution in [3.05, 3.63) is 47.5 Å². The zero-order valence-electron chi connectivity index (χ0n) is 12.3. The predicted molar refractivity (Wildman–Crippen MR) is 80.4 cm³/mol. The second kappa shape index (κ2) is 7.25. The Labute approximate surface area is 121 Å². The monoisotopic (exact) mass is 273 g/mol. The number of benzene rings is 1. The van der Waals surface area contributed by atoms with Crippen LogP contribution in [0.2, 0.25) is 0 Å². The van der Waals surface area contributed by atoms with Gasteiger partial charge in [-0.2, -0.15) is 0 Å². The molecule has 3 heteroatoms. The fraction of sp³-hybridized carbons (Fsp3) is 0.471. The Bertz CT molecular complexity index is 482. The molecule has 2 atom stereocenters. The first kappa shape index (κ1) is 14.8. The first-order valence-electron chi connectivity index (χ1n) is 7.23. The highest BCUT2D eigenvalue weighted by Crippen LogP contribution is 2.21. The van der Waals surface area contributed by atoms with Gasteiger partial charge >= 0.3 is 0 Å². The summed E-state index contributed by atoms with van der Waals surface area (Å²) in [5.41, 5.74) is 2.33. The van der Waals surface area contributed by atoms with E-state index in [0.717, 1.165) is 24.8 Å². The number of methoxy groups -OCH3 is 1. The summed E-state index contributed by atoms with van der Waals surface area (Å²) in [6, 6.07) is 8.13. The molecule has 0 bridgehead atoms. The molecule has 0 saturated heterocycles. The number of nitrogens with one attached hydrogen (secondary N) is 1. The minimum absolute atomic E-state index is 0.0840. The highest BCUT2D eigenvalue weighted by molar-refractivity contribution is 5.79. The number of amides is 1. The van der Waals surface area contributed by atoms with Gasteiger partial charge in [-0.1, -0.05) is 36.4 Å². The van der Waals surface area contributed by atoms with Crippen LogP contribution in [0.25, 0.3) is 0 Å². The molecule has 0 fully saturated rings. The highest BCUT2D eigenvalue weighted by Gasteiger charge is 2.20. The summed E-state index contributed by atoms with van der Waals surface area (Å²) in [5.74, 6) is 0.263. The van der Waals surface area contributed by atoms with E-state index in [9.17, 15) is 4.79 Å². The van der Waals surface area contributed by atoms with E-state index in [4.69, 9.17) is 4.74 Å². The molecule has 1 aromatic rings. The molecule has 3 nitrogen and oxygen atoms in total. The molecule has 0 heterocycles. The summed E-state index contributed by atoms with van der Waals surface area (Å²) in [4.78, 5) is 12.1. The Morgan fingerprint density at radius 3 is 2.85 bits per heavy atom. The number of allylic oxidation sites excluding steroid dienone is 2. The first-order chi connectivity index (χ1) is 9.72. The Morgan fingerprint density at radius 2 is 2.20 bits per heavy atom. The van der Waals surface area contributed by atoms with E-state index in [1.807, 2.05) is 12.1 Å². The molecule has 0 aliphatic heterocycles. The van der Waals surface area contributed by atoms with Gasteiger partial charge in [-0.15, -0.1) is 0 Å². The van der Waals surface area contributed by atoms with Gasteiger partial charge in [-0.25, -0.2) is 0 Å². The second-order valence-electron chi connectivity index (χ2n) is 5.31. The lowest BCUT2D eigenvalue weighted by atomic mass is 9.93. The van der Waals surface area contributed by atoms with Crippen LogP contribution in [0.15, 0.2) is 36.4 Å². The van der Waals surface area contributed by atoms with Crippen molar-refractivity contribution in [2.45, 2.75) is 32.3 Å². The van der Waals surface area contributed by atoms with Crippen LogP contribution in [-0.4, -0.2) is 19.6 Å². The zero-order chi connectivity index (χ0) is 14.4. The van der Waals surface area contributed by atoms with Gasteiger partial charge in [0.1, 0.15) is 0 Å². The number of hydrogen-bond donors (Lipinski definition) is 1. The third-order valence-electron chi connectivity index (χ3n) is 3.92. The van der Waals surface area contributed by atoms with E-state index < -0.39 is 0 Å². The van der Waals surface area contributed by atoms with Gasteiger partial charge in [0.15, 0.2) is 0 Å². The number of ether oxygens (including phenoxy) is 1. The summed E-state index contributed by atoms with van der Waals surface area (Å²) in [5, 5.41) is 3.03. The number of carbonyl (C=O) groups is 1. The van der Waals surface area contributed by atoms with E-state index in [-0.39, 0.29) is 17.9 Å². The maximum absolute atomic E-state index is 12.1. The standard InChI is InChI=1S/C17H23NO2/c1-13-8-6-7-11-15(13)16(20-2)12-18-17(19)14-9-4-3-5-10-14/h3-4,6-8,11,14,16H,5,9-10,12H2,1-2H3,(H,18,19). The molecule has 1 amide bonds. The zero-order valence-corrected chi connectivity index (χ0v) is 12.3. The molecule has 108 valence electrons. The van der Waals surface area contributed by atoms with Gasteiger partial charge < -0.3 is 10.1 Å². The third kappa shape index (κ3) is 3.70. The SMILES string of the molecule is COC(CNC(=O)C1CC=CCC1)c1ccccc1C. The predicted octanol–water partition coefficient (Wildman–Crippen LogP) is 3.16. The van der Waals surface area contributed by atoms with E-state index >= 15 is 0 Å². The van der Waals surface area contributed by atoms with Gasteiger partial charge in [0, 0.05) is 19.6 Å². The van der Waals surface area contributed by atoms with Crippen molar-refractivity contribution in [1.29, 1.82) is 0 Å². The molecule has 1 aliphatic rings. The number of rotatable bonds is 5. The van der Waals surface area contributed by atoms with Crippen molar-refractivity contribution >= 4 is 5.91 Å². The van der Waals surface area contributed by atoms with Crippen LogP contribution in [0, 0.1) is 12.8 Å². The van der Waals surface area contributed by atoms with Crippen LogP contribution < -0.4 is 5.32 Å². The smallest absolute Gasteiger partial charge is 0.223 e. The molecule has 0 saturated carbocycles. The molecular weight excluding hydrogens is 250 g/mol. The van der Waals surface area contributed by atoms with Crippen molar-refractivity contribution in [3.63, 3.8) is 0 Å². The maximum Gasteiger partial charge on any atom is 0.223 e. The molecule has 1 N–H and O–H groups in total. The van der Waals surface area contributed by atoms with Crippen molar-refractivity contribution < 1.29 is 9.53 Å². The average molecular weight is 273 g/mol. The van der Waals surface area contributed by atoms with Crippen LogP contribution in [0.4, 0.5) is 0 Å². The third-order valence-corrected chi connectivity index (χ3v) is 3.92. The largest absolute Gasteiger partial charge is 0.375 e. The van der Waals surface area contributed by atoms with Crippen LogP contribution in [0.5, 0.6) is 0 Å². The molecule has 0 spiro atoms. The van der Waals surface area contributed by atoms with Crippen LogP contribution in [0.3, 0.4) is 0 Å². The number of aryl methyl sites for hydroxylation is 1. The summed E-state index contributed by atoms with van der Waals surface area (Å²) in [7, 11) is 1.69. The molecule has 0 aromatic heterocycles. The van der Waals surface area contributed by atoms with Gasteiger partial charge in [-0.3, -0.25) is 4.79 Å². The second-order valence-corrected chi connectivity index (χ2v) is 5.31. The molecule has 1 aromatic carbocycles. The fourth-order valence-corrected chi connectivity index (χ4v) is 2.64. The van der Waals surface area contributed by atoms with Crippen molar-refractivity contribution in [2.75, 3.05) is 13.7 Å². The van der Waals surface area contributed by atoms with Gasteiger partial charge in [-0.05, 0) is 37.3 Å². The van der Waals surface area contributed by atoms with Crippen molar-refractivity contribution in [2.24, 2.45) is 5.92 Å². The van der Waals surface area contributed by atoms with E-state index in [0.29, 0.717) is 6.54 Å². The Kier molecular flexibility index (Phi) is 5.36. The van der Waals surface area contributed by atoms with E-state index in [1.54, 1.807) is 7.11 Å². The van der Waals surface area contributed by atoms with Gasteiger partial charge in [0.25, 0.3) is 0 Å². The summed E-state index contributed by atoms with van der Waals surface area (Å²) >= 11 is 0. The van der Waals surface area contributed by atoms with Crippen molar-refractivity contribution in [1.82, 2.24) is 5.32 Å². The normalized spacial score (nSPS) is 19.6. The Balaban J connectivity index is 1.92. The lowest BCUT2D eigenvalue weighted by Gasteiger charge is -2.21. The minimum Gasteiger partial charge on any atom is -0.375 e. The summed E-state index contributed by atoms with van der Waals surface area (Å²) in [6.45, 7) is 2.59. The van der Waals surface area contributed by atoms with Crippen LogP contribution in [0.1, 0.15) is 36.5 Å². The molecule has 2 unspecified atom stereocenters. The Morgan fingerprint density at radius 1 is 1.40 bits per heavy atom. The topological polar surface area (TPSA) is 38.3 Å². The first-order valence-corrected chi connectivity index (χ1v) is 7.23. The maximum atomic E-state index is 12.1. The molecule has 1 aliphatic carbocycles. The fourth-order valence-electron chi connectivity index (χ4n) is 2.64. The minimum atomic E-state index is -0.0840. The number of hydrogen-bond acceptors (Lipinski definition) is 2. The van der Waals surface area contributed by atoms with Gasteiger partial charge in [0.2, 0.25) is 5.91 Å². The molecule has 0 radical (unpaired) electrons. The lowest BCUT2D eigenvalue weighted by Crippen LogP contribution is -2.34. The summed E-state index contributed by atoms with van der Waals surface area (Å²) in [6.07, 6.45) is 6.97. The Hall–Kier alpha value is -1.61. The van der Waals surface area contributed by atoms with Crippen LogP contribution in [-0.2, 0) is 9.53 Å². The van der Waals surface area contributed by atoms with E-state index in [2.05, 4.69) is 36.5 Å². The van der Waals surface area contributed by atoms with E-state index in [1.165, 1.54) is 5.56 Å². The molecule has 2 rings (SSSR count). The molecule has 20 heavy (non-hydrogen) atoms. The highest BCUT2D eigenvalue weighted by atomic mass is 16.5. The van der Waals surface area contributed by atoms with Crippen molar-refractivity contribution in [3.8, 4) is 0 Å². The van der Waals surface area contributed by atoms with Gasteiger partial charge in [0.05, 0.1) is 6.10 Å². The quantitative estimate of drug-likeness (QED) is 0.837. The summed E-state index contributed by atoms with van der Waals surface area (Å²) < 4.78 is 5.53. The molecular formula is C17H23NO2. The van der Waals surface area contributed by atoms with Crippen LogP contribution >= 0.6 is 0 Å². The lowest BCUT2D eigenvalue weighted by molar-refractivity contribution is -0.125. The average Bonchev–Trinajstić information content (AvgIpc) is 2.50.